The first-order valence-electron chi connectivity index (χ1n) is 11.4. The monoisotopic (exact) mass is 445 g/mol. The molecule has 1 N–H and O–H groups in total. The molecular weight excluding hydrogens is 418 g/mol. The number of benzene rings is 3. The van der Waals surface area contributed by atoms with E-state index >= 15 is 0 Å². The molecule has 6 nitrogen and oxygen atoms in total. The minimum Gasteiger partial charge on any atom is -0.490 e. The van der Waals surface area contributed by atoms with Crippen LogP contribution >= 0.6 is 0 Å². The van der Waals surface area contributed by atoms with Crippen molar-refractivity contribution in [1.82, 2.24) is 5.32 Å². The molecule has 3 aromatic rings. The van der Waals surface area contributed by atoms with Crippen LogP contribution < -0.4 is 24.3 Å². The number of fused-ring (bicyclic) bond motifs is 2. The molecule has 0 aromatic heterocycles. The first-order chi connectivity index (χ1) is 16.3. The molecule has 0 aliphatic carbocycles. The van der Waals surface area contributed by atoms with Crippen LogP contribution in [0.15, 0.2) is 66.7 Å². The second-order valence-corrected chi connectivity index (χ2v) is 8.17. The lowest BCUT2D eigenvalue weighted by atomic mass is 9.98. The minimum atomic E-state index is -0.192. The van der Waals surface area contributed by atoms with E-state index in [2.05, 4.69) is 17.4 Å². The van der Waals surface area contributed by atoms with E-state index in [0.29, 0.717) is 43.5 Å². The molecule has 2 heterocycles. The van der Waals surface area contributed by atoms with Crippen LogP contribution in [0.1, 0.15) is 40.4 Å². The topological polar surface area (TPSA) is 66.0 Å². The lowest BCUT2D eigenvalue weighted by molar-refractivity contribution is 0.0933. The fraction of sp³-hybridized carbons (Fsp3) is 0.296. The van der Waals surface area contributed by atoms with Gasteiger partial charge in [-0.2, -0.15) is 0 Å². The molecule has 0 saturated heterocycles. The highest BCUT2D eigenvalue weighted by molar-refractivity contribution is 5.95. The molecule has 33 heavy (non-hydrogen) atoms. The SMILES string of the molecule is O=C(NC(CCc1ccccc1)c1ccc2c(c1)OCCCO2)c1ccc2c(c1)OCCO2. The highest BCUT2D eigenvalue weighted by Gasteiger charge is 2.21. The van der Waals surface area contributed by atoms with Crippen molar-refractivity contribution in [1.29, 1.82) is 0 Å². The molecule has 1 atom stereocenters. The maximum absolute atomic E-state index is 13.2. The highest BCUT2D eigenvalue weighted by atomic mass is 16.6. The van der Waals surface area contributed by atoms with Gasteiger partial charge in [0.15, 0.2) is 23.0 Å². The number of carbonyl (C=O) groups is 1. The number of hydrogen-bond donors (Lipinski definition) is 1. The summed E-state index contributed by atoms with van der Waals surface area (Å²) in [6.45, 7) is 2.26. The van der Waals surface area contributed by atoms with E-state index in [-0.39, 0.29) is 11.9 Å². The number of hydrogen-bond acceptors (Lipinski definition) is 5. The molecule has 3 aromatic carbocycles. The van der Waals surface area contributed by atoms with Crippen molar-refractivity contribution < 1.29 is 23.7 Å². The third-order valence-electron chi connectivity index (χ3n) is 5.85. The molecule has 1 unspecified atom stereocenters. The average Bonchev–Trinajstić information content (AvgIpc) is 3.11. The molecule has 2 aliphatic rings. The van der Waals surface area contributed by atoms with E-state index in [0.717, 1.165) is 36.3 Å². The number of ether oxygens (including phenoxy) is 4. The first kappa shape index (κ1) is 21.2. The summed E-state index contributed by atoms with van der Waals surface area (Å²) >= 11 is 0. The lowest BCUT2D eigenvalue weighted by Crippen LogP contribution is -2.29. The Bertz CT molecular complexity index is 1110. The Balaban J connectivity index is 1.38. The van der Waals surface area contributed by atoms with E-state index in [1.165, 1.54) is 5.56 Å². The fourth-order valence-electron chi connectivity index (χ4n) is 4.10. The maximum atomic E-state index is 13.2. The Labute approximate surface area is 193 Å². The van der Waals surface area contributed by atoms with Crippen molar-refractivity contribution in [3.63, 3.8) is 0 Å². The minimum absolute atomic E-state index is 0.155. The van der Waals surface area contributed by atoms with Gasteiger partial charge in [-0.1, -0.05) is 36.4 Å². The molecule has 0 spiro atoms. The number of nitrogens with one attached hydrogen (secondary N) is 1. The normalized spacial score (nSPS) is 15.3. The van der Waals surface area contributed by atoms with E-state index in [1.54, 1.807) is 18.2 Å². The van der Waals surface area contributed by atoms with Gasteiger partial charge in [0.05, 0.1) is 19.3 Å². The van der Waals surface area contributed by atoms with Crippen LogP contribution in [0.25, 0.3) is 0 Å². The first-order valence-corrected chi connectivity index (χ1v) is 11.4. The van der Waals surface area contributed by atoms with E-state index in [1.807, 2.05) is 36.4 Å². The Morgan fingerprint density at radius 2 is 1.42 bits per heavy atom. The Morgan fingerprint density at radius 3 is 2.24 bits per heavy atom. The van der Waals surface area contributed by atoms with E-state index < -0.39 is 0 Å². The molecule has 170 valence electrons. The predicted octanol–water partition coefficient (Wildman–Crippen LogP) is 4.72. The Hall–Kier alpha value is -3.67. The predicted molar refractivity (Wildman–Crippen MR) is 124 cm³/mol. The number of carbonyl (C=O) groups excluding carboxylic acids is 1. The molecule has 0 bridgehead atoms. The van der Waals surface area contributed by atoms with Crippen LogP contribution in [0, 0.1) is 0 Å². The number of amides is 1. The van der Waals surface area contributed by atoms with E-state index in [9.17, 15) is 4.79 Å². The smallest absolute Gasteiger partial charge is 0.251 e. The van der Waals surface area contributed by atoms with Gasteiger partial charge in [0.1, 0.15) is 13.2 Å². The van der Waals surface area contributed by atoms with Gasteiger partial charge in [-0.3, -0.25) is 4.79 Å². The van der Waals surface area contributed by atoms with Crippen molar-refractivity contribution in [3.05, 3.63) is 83.4 Å². The summed E-state index contributed by atoms with van der Waals surface area (Å²) < 4.78 is 22.9. The van der Waals surface area contributed by atoms with Crippen LogP contribution in [0.2, 0.25) is 0 Å². The molecule has 2 aliphatic heterocycles. The van der Waals surface area contributed by atoms with Gasteiger partial charge >= 0.3 is 0 Å². The van der Waals surface area contributed by atoms with E-state index in [4.69, 9.17) is 18.9 Å². The zero-order valence-corrected chi connectivity index (χ0v) is 18.4. The van der Waals surface area contributed by atoms with Gasteiger partial charge < -0.3 is 24.3 Å². The van der Waals surface area contributed by atoms with Gasteiger partial charge in [-0.05, 0) is 54.3 Å². The summed E-state index contributed by atoms with van der Waals surface area (Å²) in [7, 11) is 0. The van der Waals surface area contributed by atoms with Gasteiger partial charge in [0, 0.05) is 12.0 Å². The second-order valence-electron chi connectivity index (χ2n) is 8.17. The summed E-state index contributed by atoms with van der Waals surface area (Å²) in [6, 6.07) is 21.3. The largest absolute Gasteiger partial charge is 0.490 e. The summed E-state index contributed by atoms with van der Waals surface area (Å²) in [5.74, 6) is 2.59. The molecular formula is C27H27NO5. The van der Waals surface area contributed by atoms with Crippen LogP contribution in [-0.2, 0) is 6.42 Å². The third-order valence-corrected chi connectivity index (χ3v) is 5.85. The van der Waals surface area contributed by atoms with Crippen molar-refractivity contribution in [2.75, 3.05) is 26.4 Å². The maximum Gasteiger partial charge on any atom is 0.251 e. The second kappa shape index (κ2) is 9.86. The third kappa shape index (κ3) is 5.06. The fourth-order valence-corrected chi connectivity index (χ4v) is 4.10. The molecule has 6 heteroatoms. The summed E-state index contributed by atoms with van der Waals surface area (Å²) in [4.78, 5) is 13.2. The zero-order valence-electron chi connectivity index (χ0n) is 18.4. The molecule has 5 rings (SSSR count). The molecule has 0 saturated carbocycles. The molecule has 1 amide bonds. The standard InChI is InChI=1S/C27H27NO5/c29-27(21-9-12-24-26(18-21)33-16-15-32-24)28-22(10-7-19-5-2-1-3-6-19)20-8-11-23-25(17-20)31-14-4-13-30-23/h1-3,5-6,8-9,11-12,17-18,22H,4,7,10,13-16H2,(H,28,29). The van der Waals surface area contributed by atoms with Crippen LogP contribution in [-0.4, -0.2) is 32.3 Å². The van der Waals surface area contributed by atoms with Crippen molar-refractivity contribution in [3.8, 4) is 23.0 Å². The van der Waals surface area contributed by atoms with Gasteiger partial charge in [0.2, 0.25) is 0 Å². The van der Waals surface area contributed by atoms with Gasteiger partial charge in [0.25, 0.3) is 5.91 Å². The number of aryl methyl sites for hydroxylation is 1. The van der Waals surface area contributed by atoms with Gasteiger partial charge in [-0.15, -0.1) is 0 Å². The lowest BCUT2D eigenvalue weighted by Gasteiger charge is -2.22. The van der Waals surface area contributed by atoms with Crippen molar-refractivity contribution in [2.24, 2.45) is 0 Å². The molecule has 0 fully saturated rings. The summed E-state index contributed by atoms with van der Waals surface area (Å²) in [5, 5.41) is 3.22. The summed E-state index contributed by atoms with van der Waals surface area (Å²) in [6.07, 6.45) is 2.43. The van der Waals surface area contributed by atoms with Crippen LogP contribution in [0.5, 0.6) is 23.0 Å². The van der Waals surface area contributed by atoms with Gasteiger partial charge in [-0.25, -0.2) is 0 Å². The summed E-state index contributed by atoms with van der Waals surface area (Å²) in [5.41, 5.74) is 2.75. The van der Waals surface area contributed by atoms with Crippen molar-refractivity contribution in [2.45, 2.75) is 25.3 Å². The number of rotatable bonds is 6. The quantitative estimate of drug-likeness (QED) is 0.595. The highest BCUT2D eigenvalue weighted by Crippen LogP contribution is 2.34. The zero-order chi connectivity index (χ0) is 22.5. The van der Waals surface area contributed by atoms with Crippen LogP contribution in [0.4, 0.5) is 0 Å². The van der Waals surface area contributed by atoms with Crippen molar-refractivity contribution >= 4 is 5.91 Å². The Kier molecular flexibility index (Phi) is 6.33. The average molecular weight is 446 g/mol. The molecule has 0 radical (unpaired) electrons. The Morgan fingerprint density at radius 1 is 0.758 bits per heavy atom. The van der Waals surface area contributed by atoms with Crippen LogP contribution in [0.3, 0.4) is 0 Å².